The van der Waals surface area contributed by atoms with Crippen molar-refractivity contribution in [3.63, 3.8) is 0 Å². The predicted molar refractivity (Wildman–Crippen MR) is 124 cm³/mol. The van der Waals surface area contributed by atoms with Crippen LogP contribution in [0, 0.1) is 0 Å². The van der Waals surface area contributed by atoms with Crippen LogP contribution in [-0.2, 0) is 17.9 Å². The van der Waals surface area contributed by atoms with E-state index in [0.717, 1.165) is 41.4 Å². The van der Waals surface area contributed by atoms with Crippen LogP contribution in [0.25, 0.3) is 10.9 Å². The van der Waals surface area contributed by atoms with Crippen LogP contribution in [0.4, 0.5) is 0 Å². The van der Waals surface area contributed by atoms with Gasteiger partial charge in [0.05, 0.1) is 11.8 Å². The first kappa shape index (κ1) is 20.9. The third-order valence-corrected chi connectivity index (χ3v) is 6.33. The zero-order valence-electron chi connectivity index (χ0n) is 18.3. The van der Waals surface area contributed by atoms with Gasteiger partial charge in [0, 0.05) is 30.9 Å². The standard InChI is InChI=1S/C25H26N6O2/c32-23(22-20-5-1-2-6-21(20)29-30-22)28-25(11-3-4-12-25)24(33)27-15-18-7-9-19(10-8-18)16-31-14-13-26-17-31/h1-2,5-10,13-14,17H,3-4,11-12,15-16H2,(H,27,33)(H,28,32)(H,29,30). The Morgan fingerprint density at radius 1 is 1.03 bits per heavy atom. The minimum absolute atomic E-state index is 0.143. The molecular formula is C25H26N6O2. The molecule has 8 heteroatoms. The molecule has 1 saturated carbocycles. The molecule has 0 bridgehead atoms. The highest BCUT2D eigenvalue weighted by molar-refractivity contribution is 6.06. The number of hydrogen-bond donors (Lipinski definition) is 3. The smallest absolute Gasteiger partial charge is 0.273 e. The van der Waals surface area contributed by atoms with Crippen molar-refractivity contribution in [2.45, 2.75) is 44.3 Å². The van der Waals surface area contributed by atoms with Gasteiger partial charge in [-0.1, -0.05) is 55.3 Å². The van der Waals surface area contributed by atoms with E-state index in [0.29, 0.717) is 25.1 Å². The number of carbonyl (C=O) groups excluding carboxylic acids is 2. The van der Waals surface area contributed by atoms with Gasteiger partial charge in [0.15, 0.2) is 5.69 Å². The molecule has 1 aliphatic carbocycles. The van der Waals surface area contributed by atoms with Crippen LogP contribution in [-0.4, -0.2) is 37.1 Å². The lowest BCUT2D eigenvalue weighted by atomic mass is 9.95. The number of H-pyrrole nitrogens is 1. The summed E-state index contributed by atoms with van der Waals surface area (Å²) in [7, 11) is 0. The molecule has 5 rings (SSSR count). The maximum Gasteiger partial charge on any atom is 0.273 e. The van der Waals surface area contributed by atoms with Gasteiger partial charge in [0.2, 0.25) is 5.91 Å². The molecule has 33 heavy (non-hydrogen) atoms. The van der Waals surface area contributed by atoms with Gasteiger partial charge in [-0.05, 0) is 30.0 Å². The summed E-state index contributed by atoms with van der Waals surface area (Å²) < 4.78 is 2.01. The number of nitrogens with zero attached hydrogens (tertiary/aromatic N) is 3. The first-order chi connectivity index (χ1) is 16.1. The Hall–Kier alpha value is -3.94. The second kappa shape index (κ2) is 8.90. The van der Waals surface area contributed by atoms with Gasteiger partial charge < -0.3 is 15.2 Å². The van der Waals surface area contributed by atoms with E-state index < -0.39 is 5.54 Å². The fraction of sp³-hybridized carbons (Fsp3) is 0.280. The number of amides is 2. The van der Waals surface area contributed by atoms with Gasteiger partial charge in [-0.2, -0.15) is 5.10 Å². The fourth-order valence-corrected chi connectivity index (χ4v) is 4.51. The minimum atomic E-state index is -0.904. The molecule has 0 unspecified atom stereocenters. The van der Waals surface area contributed by atoms with Crippen molar-refractivity contribution in [2.24, 2.45) is 0 Å². The van der Waals surface area contributed by atoms with Crippen molar-refractivity contribution < 1.29 is 9.59 Å². The number of para-hydroxylation sites is 1. The van der Waals surface area contributed by atoms with E-state index in [1.165, 1.54) is 0 Å². The predicted octanol–water partition coefficient (Wildman–Crippen LogP) is 3.17. The van der Waals surface area contributed by atoms with Crippen molar-refractivity contribution >= 4 is 22.7 Å². The first-order valence-corrected chi connectivity index (χ1v) is 11.2. The van der Waals surface area contributed by atoms with E-state index in [1.54, 1.807) is 12.5 Å². The van der Waals surface area contributed by atoms with Crippen LogP contribution in [0.15, 0.2) is 67.3 Å². The molecule has 0 radical (unpaired) electrons. The average molecular weight is 443 g/mol. The van der Waals surface area contributed by atoms with Crippen molar-refractivity contribution in [1.82, 2.24) is 30.4 Å². The van der Waals surface area contributed by atoms with Gasteiger partial charge in [-0.3, -0.25) is 14.7 Å². The average Bonchev–Trinajstić information content (AvgIpc) is 3.60. The second-order valence-corrected chi connectivity index (χ2v) is 8.60. The van der Waals surface area contributed by atoms with Crippen LogP contribution in [0.2, 0.25) is 0 Å². The SMILES string of the molecule is O=C(NC1(C(=O)NCc2ccc(Cn3ccnc3)cc2)CCCC1)c1n[nH]c2ccccc12. The number of aromatic nitrogens is 4. The molecular weight excluding hydrogens is 416 g/mol. The summed E-state index contributed by atoms with van der Waals surface area (Å²) in [5.74, 6) is -0.468. The molecule has 8 nitrogen and oxygen atoms in total. The number of carbonyl (C=O) groups is 2. The number of nitrogens with one attached hydrogen (secondary N) is 3. The van der Waals surface area contributed by atoms with E-state index >= 15 is 0 Å². The summed E-state index contributed by atoms with van der Waals surface area (Å²) in [6, 6.07) is 15.6. The largest absolute Gasteiger partial charge is 0.350 e. The summed E-state index contributed by atoms with van der Waals surface area (Å²) in [6.45, 7) is 1.16. The number of fused-ring (bicyclic) bond motifs is 1. The first-order valence-electron chi connectivity index (χ1n) is 11.2. The van der Waals surface area contributed by atoms with Gasteiger partial charge in [-0.15, -0.1) is 0 Å². The van der Waals surface area contributed by atoms with Crippen molar-refractivity contribution in [1.29, 1.82) is 0 Å². The van der Waals surface area contributed by atoms with Crippen molar-refractivity contribution in [3.05, 3.63) is 84.1 Å². The quantitative estimate of drug-likeness (QED) is 0.409. The third kappa shape index (κ3) is 4.37. The Kier molecular flexibility index (Phi) is 5.64. The molecule has 2 aromatic heterocycles. The second-order valence-electron chi connectivity index (χ2n) is 8.60. The molecule has 0 aliphatic heterocycles. The molecule has 0 saturated heterocycles. The maximum atomic E-state index is 13.2. The number of hydrogen-bond acceptors (Lipinski definition) is 4. The number of rotatable bonds is 7. The van der Waals surface area contributed by atoms with E-state index in [1.807, 2.05) is 47.2 Å². The zero-order valence-corrected chi connectivity index (χ0v) is 18.3. The van der Waals surface area contributed by atoms with E-state index in [4.69, 9.17) is 0 Å². The molecule has 1 fully saturated rings. The molecule has 3 N–H and O–H groups in total. The number of aromatic amines is 1. The number of benzene rings is 2. The van der Waals surface area contributed by atoms with Crippen molar-refractivity contribution in [2.75, 3.05) is 0 Å². The summed E-state index contributed by atoms with van der Waals surface area (Å²) >= 11 is 0. The highest BCUT2D eigenvalue weighted by Gasteiger charge is 2.42. The fourth-order valence-electron chi connectivity index (χ4n) is 4.51. The Morgan fingerprint density at radius 3 is 2.55 bits per heavy atom. The lowest BCUT2D eigenvalue weighted by Gasteiger charge is -2.28. The molecule has 4 aromatic rings. The van der Waals surface area contributed by atoms with Crippen LogP contribution >= 0.6 is 0 Å². The summed E-state index contributed by atoms with van der Waals surface area (Å²) in [5.41, 5.74) is 2.38. The van der Waals surface area contributed by atoms with Crippen LogP contribution in [0.3, 0.4) is 0 Å². The molecule has 1 aliphatic rings. The molecule has 2 amide bonds. The van der Waals surface area contributed by atoms with E-state index in [9.17, 15) is 9.59 Å². The van der Waals surface area contributed by atoms with E-state index in [-0.39, 0.29) is 11.8 Å². The van der Waals surface area contributed by atoms with Gasteiger partial charge in [0.25, 0.3) is 5.91 Å². The lowest BCUT2D eigenvalue weighted by Crippen LogP contribution is -2.57. The Bertz CT molecular complexity index is 1250. The monoisotopic (exact) mass is 442 g/mol. The highest BCUT2D eigenvalue weighted by atomic mass is 16.2. The van der Waals surface area contributed by atoms with Crippen molar-refractivity contribution in [3.8, 4) is 0 Å². The minimum Gasteiger partial charge on any atom is -0.350 e. The topological polar surface area (TPSA) is 105 Å². The Labute approximate surface area is 191 Å². The summed E-state index contributed by atoms with van der Waals surface area (Å²) in [4.78, 5) is 30.3. The van der Waals surface area contributed by atoms with Crippen LogP contribution in [0.5, 0.6) is 0 Å². The molecule has 0 atom stereocenters. The van der Waals surface area contributed by atoms with Crippen LogP contribution < -0.4 is 10.6 Å². The zero-order chi connectivity index (χ0) is 22.7. The molecule has 168 valence electrons. The maximum absolute atomic E-state index is 13.2. The lowest BCUT2D eigenvalue weighted by molar-refractivity contribution is -0.127. The van der Waals surface area contributed by atoms with Crippen LogP contribution in [0.1, 0.15) is 47.3 Å². The Balaban J connectivity index is 1.24. The normalized spacial score (nSPS) is 14.9. The summed E-state index contributed by atoms with van der Waals surface area (Å²) in [5, 5.41) is 13.9. The molecule has 2 aromatic carbocycles. The van der Waals surface area contributed by atoms with E-state index in [2.05, 4.69) is 37.9 Å². The molecule has 0 spiro atoms. The highest BCUT2D eigenvalue weighted by Crippen LogP contribution is 2.31. The third-order valence-electron chi connectivity index (χ3n) is 6.33. The van der Waals surface area contributed by atoms with Gasteiger partial charge >= 0.3 is 0 Å². The summed E-state index contributed by atoms with van der Waals surface area (Å²) in [6.07, 6.45) is 8.52. The van der Waals surface area contributed by atoms with Gasteiger partial charge in [-0.25, -0.2) is 4.98 Å². The Morgan fingerprint density at radius 2 is 1.79 bits per heavy atom. The molecule has 2 heterocycles. The van der Waals surface area contributed by atoms with Gasteiger partial charge in [0.1, 0.15) is 5.54 Å². The number of imidazole rings is 1.